The number of carboxylic acids is 1. The average molecular weight is 1270 g/mol. The summed E-state index contributed by atoms with van der Waals surface area (Å²) in [5, 5.41) is 93.0. The maximum atomic E-state index is 13.8. The molecule has 11 amide bonds. The number of carboxylic acid groups (broad SMARTS) is 1. The van der Waals surface area contributed by atoms with Crippen molar-refractivity contribution in [1.29, 1.82) is 0 Å². The molecule has 2 aliphatic heterocycles. The van der Waals surface area contributed by atoms with E-state index in [0.29, 0.717) is 5.56 Å². The Balaban J connectivity index is 1.79. The SMILES string of the molecule is CC(=O)N[C@H]1C(OC2[C@@H](CO)OC(O)[C@H](NC(C)=O)[C@H]2OC(C)C(=O)NC(C)C(=O)NC(CCC(=O)NC(CCCC(NC(=O)[C@H](Cc2ccc(O)cc2)NC(=O)OC(C)(C)C)C(N)=O)C(=O)NC(C)C(=O)NC(C)C(=O)O)C(N)=O)O[C@H](CO)[C@@H](O)[C@@H]1O. The number of phenolic OH excluding ortho intramolecular Hbond substituents is 1. The van der Waals surface area contributed by atoms with Crippen molar-refractivity contribution in [3.63, 3.8) is 0 Å². The van der Waals surface area contributed by atoms with Crippen molar-refractivity contribution in [3.8, 4) is 5.75 Å². The van der Waals surface area contributed by atoms with Gasteiger partial charge in [0.1, 0.15) is 108 Å². The van der Waals surface area contributed by atoms with E-state index in [1.54, 1.807) is 20.8 Å². The zero-order valence-electron chi connectivity index (χ0n) is 50.6. The summed E-state index contributed by atoms with van der Waals surface area (Å²) in [6.07, 6.45) is -18.3. The van der Waals surface area contributed by atoms with Gasteiger partial charge >= 0.3 is 12.1 Å². The molecule has 2 aliphatic rings. The lowest BCUT2D eigenvalue weighted by Gasteiger charge is -2.48. The Bertz CT molecular complexity index is 2650. The molecule has 1 aromatic carbocycles. The van der Waals surface area contributed by atoms with Crippen molar-refractivity contribution in [2.45, 2.75) is 216 Å². The van der Waals surface area contributed by atoms with E-state index in [9.17, 15) is 93.3 Å². The van der Waals surface area contributed by atoms with Crippen molar-refractivity contribution >= 4 is 71.1 Å². The van der Waals surface area contributed by atoms with Crippen LogP contribution in [0.1, 0.15) is 100.0 Å². The van der Waals surface area contributed by atoms with Crippen LogP contribution in [0.5, 0.6) is 5.75 Å². The van der Waals surface area contributed by atoms with Crippen LogP contribution in [-0.4, -0.2) is 235 Å². The van der Waals surface area contributed by atoms with E-state index < -0.39 is 212 Å². The monoisotopic (exact) mass is 1270 g/mol. The van der Waals surface area contributed by atoms with Crippen LogP contribution in [-0.2, 0) is 82.8 Å². The molecule has 35 nitrogen and oxygen atoms in total. The highest BCUT2D eigenvalue weighted by molar-refractivity contribution is 5.95. The summed E-state index contributed by atoms with van der Waals surface area (Å²) < 4.78 is 28.6. The molecule has 0 aromatic heterocycles. The lowest BCUT2D eigenvalue weighted by atomic mass is 9.94. The zero-order valence-corrected chi connectivity index (χ0v) is 50.6. The highest BCUT2D eigenvalue weighted by Crippen LogP contribution is 2.31. The summed E-state index contributed by atoms with van der Waals surface area (Å²) in [5.41, 5.74) is 10.8. The first kappa shape index (κ1) is 75.4. The van der Waals surface area contributed by atoms with Crippen molar-refractivity contribution in [1.82, 2.24) is 47.9 Å². The molecule has 3 rings (SSSR count). The quantitative estimate of drug-likeness (QED) is 0.0319. The van der Waals surface area contributed by atoms with E-state index in [1.165, 1.54) is 52.0 Å². The number of rotatable bonds is 32. The summed E-state index contributed by atoms with van der Waals surface area (Å²) in [6.45, 7) is 9.85. The number of carbonyl (C=O) groups is 12. The highest BCUT2D eigenvalue weighted by atomic mass is 16.7. The number of carbonyl (C=O) groups excluding carboxylic acids is 11. The number of hydrogen-bond donors (Lipinski definition) is 18. The van der Waals surface area contributed by atoms with Crippen LogP contribution >= 0.6 is 0 Å². The molecule has 0 saturated carbocycles. The fourth-order valence-corrected chi connectivity index (χ4v) is 9.00. The number of alkyl carbamates (subject to hydrolysis) is 1. The molecule has 35 heteroatoms. The van der Waals surface area contributed by atoms with Gasteiger partial charge in [-0.3, -0.25) is 52.7 Å². The molecule has 500 valence electrons. The number of nitrogens with one attached hydrogen (secondary N) is 9. The van der Waals surface area contributed by atoms with Gasteiger partial charge in [0.25, 0.3) is 0 Å². The first-order valence-electron chi connectivity index (χ1n) is 28.3. The molecule has 89 heavy (non-hydrogen) atoms. The standard InChI is InChI=1S/C54H85N11O24/c1-22(45(76)59-24(3)50(81)82)58-48(79)32(12-10-11-30(43(55)74)64-49(80)33(65-53(84)89-54(7,8)9)19-28-13-15-29(70)16-14-28)62-36(71)18-17-31(44(56)75)63-46(77)23(2)57-47(78)25(4)85-42-38(61-27(6)69)51(83)86-35(21-67)41(42)88-52-37(60-26(5)68)40(73)39(72)34(20-66)87-52/h13-16,22-25,30-35,37-42,51-52,66-67,70,72-73,83H,10-12,17-21H2,1-9H3,(H2,55,74)(H2,56,75)(H,57,78)(H,58,79)(H,59,76)(H,60,68)(H,61,69)(H,62,71)(H,63,77)(H,64,80)(H,65,84)(H,81,82)/t22?,23?,24?,25?,30?,31?,32?,33-,34+,35+,37+,38+,39+,40+,41?,42+,51?,52?/m0/s1. The van der Waals surface area contributed by atoms with Gasteiger partial charge in [-0.2, -0.15) is 0 Å². The smallest absolute Gasteiger partial charge is 0.408 e. The molecule has 0 spiro atoms. The number of nitrogens with two attached hydrogens (primary N) is 2. The van der Waals surface area contributed by atoms with Crippen LogP contribution in [0.3, 0.4) is 0 Å². The molecule has 2 fully saturated rings. The minimum Gasteiger partial charge on any atom is -0.508 e. The van der Waals surface area contributed by atoms with E-state index in [2.05, 4.69) is 47.9 Å². The van der Waals surface area contributed by atoms with E-state index in [1.807, 2.05) is 0 Å². The Labute approximate surface area is 511 Å². The molecule has 0 bridgehead atoms. The number of hydrogen-bond acceptors (Lipinski definition) is 23. The van der Waals surface area contributed by atoms with Crippen LogP contribution < -0.4 is 59.3 Å². The minimum atomic E-state index is -1.94. The Morgan fingerprint density at radius 1 is 0.596 bits per heavy atom. The van der Waals surface area contributed by atoms with Crippen molar-refractivity contribution in [2.75, 3.05) is 13.2 Å². The molecule has 1 aromatic rings. The van der Waals surface area contributed by atoms with Gasteiger partial charge < -0.3 is 119 Å². The second-order valence-electron chi connectivity index (χ2n) is 22.4. The summed E-state index contributed by atoms with van der Waals surface area (Å²) >= 11 is 0. The number of primary amides is 2. The van der Waals surface area contributed by atoms with Gasteiger partial charge in [0.05, 0.1) is 13.2 Å². The second kappa shape index (κ2) is 34.7. The predicted octanol–water partition coefficient (Wildman–Crippen LogP) is -6.88. The summed E-state index contributed by atoms with van der Waals surface area (Å²) in [5.74, 6) is -11.0. The van der Waals surface area contributed by atoms with E-state index >= 15 is 0 Å². The van der Waals surface area contributed by atoms with Gasteiger partial charge in [0.2, 0.25) is 59.1 Å². The van der Waals surface area contributed by atoms with E-state index in [4.69, 9.17) is 35.2 Å². The maximum absolute atomic E-state index is 13.8. The maximum Gasteiger partial charge on any atom is 0.408 e. The molecule has 2 saturated heterocycles. The minimum absolute atomic E-state index is 0.0765. The predicted molar refractivity (Wildman–Crippen MR) is 303 cm³/mol. The number of benzene rings is 1. The van der Waals surface area contributed by atoms with Crippen molar-refractivity contribution < 1.29 is 117 Å². The highest BCUT2D eigenvalue weighted by Gasteiger charge is 2.53. The number of aromatic hydroxyl groups is 1. The van der Waals surface area contributed by atoms with Gasteiger partial charge in [0, 0.05) is 26.7 Å². The lowest BCUT2D eigenvalue weighted by molar-refractivity contribution is -0.333. The molecule has 10 unspecified atom stereocenters. The number of ether oxygens (including phenoxy) is 5. The Morgan fingerprint density at radius 2 is 1.10 bits per heavy atom. The third kappa shape index (κ3) is 24.2. The zero-order chi connectivity index (χ0) is 67.4. The van der Waals surface area contributed by atoms with Gasteiger partial charge in [-0.05, 0) is 91.8 Å². The molecule has 0 radical (unpaired) electrons. The molecule has 18 atom stereocenters. The van der Waals surface area contributed by atoms with Crippen LogP contribution in [0.25, 0.3) is 0 Å². The van der Waals surface area contributed by atoms with Gasteiger partial charge in [-0.1, -0.05) is 12.1 Å². The van der Waals surface area contributed by atoms with Gasteiger partial charge in [0.15, 0.2) is 12.6 Å². The summed E-state index contributed by atoms with van der Waals surface area (Å²) in [7, 11) is 0. The number of amides is 11. The van der Waals surface area contributed by atoms with Crippen molar-refractivity contribution in [3.05, 3.63) is 29.8 Å². The summed E-state index contributed by atoms with van der Waals surface area (Å²) in [6, 6.07) is -7.72. The van der Waals surface area contributed by atoms with E-state index in [-0.39, 0.29) is 31.4 Å². The molecule has 0 aliphatic carbocycles. The average Bonchev–Trinajstić information content (AvgIpc) is 1.21. The van der Waals surface area contributed by atoms with Gasteiger partial charge in [-0.25, -0.2) is 4.79 Å². The fraction of sp³-hybridized carbons (Fsp3) is 0.667. The van der Waals surface area contributed by atoms with Crippen LogP contribution in [0.2, 0.25) is 0 Å². The Hall–Kier alpha value is -7.90. The topological polar surface area (TPSA) is 553 Å². The fourth-order valence-electron chi connectivity index (χ4n) is 9.00. The first-order chi connectivity index (χ1) is 41.5. The third-order valence-electron chi connectivity index (χ3n) is 13.7. The largest absolute Gasteiger partial charge is 0.508 e. The Morgan fingerprint density at radius 3 is 1.64 bits per heavy atom. The third-order valence-corrected chi connectivity index (χ3v) is 13.7. The van der Waals surface area contributed by atoms with Crippen LogP contribution in [0, 0.1) is 0 Å². The number of aliphatic hydroxyl groups is 5. The van der Waals surface area contributed by atoms with E-state index in [0.717, 1.165) is 13.8 Å². The molecular formula is C54H85N11O24. The van der Waals surface area contributed by atoms with Crippen LogP contribution in [0.4, 0.5) is 4.79 Å². The second-order valence-corrected chi connectivity index (χ2v) is 22.4. The number of aliphatic carboxylic acids is 1. The van der Waals surface area contributed by atoms with Crippen LogP contribution in [0.15, 0.2) is 24.3 Å². The first-order valence-corrected chi connectivity index (χ1v) is 28.3. The normalized spacial score (nSPS) is 24.3. The molecule has 2 heterocycles. The molecule has 20 N–H and O–H groups in total. The Kier molecular flexibility index (Phi) is 29.4. The number of phenols is 1. The van der Waals surface area contributed by atoms with Gasteiger partial charge in [-0.15, -0.1) is 0 Å². The number of aliphatic hydroxyl groups excluding tert-OH is 5. The summed E-state index contributed by atoms with van der Waals surface area (Å²) in [4.78, 5) is 155. The molecular weight excluding hydrogens is 1190 g/mol. The lowest BCUT2D eigenvalue weighted by Crippen LogP contribution is -2.70. The van der Waals surface area contributed by atoms with Crippen molar-refractivity contribution in [2.24, 2.45) is 11.5 Å².